The standard InChI is InChI=1S/C13H14N2O2S/c1-8(12-3-2-6-18-12)14-13(16)10-7-11(17-15-10)9-4-5-9/h2-3,6-9H,4-5H2,1H3,(H,14,16)/t8-/m0/s1. The van der Waals surface area contributed by atoms with Crippen LogP contribution >= 0.6 is 11.3 Å². The van der Waals surface area contributed by atoms with Gasteiger partial charge in [-0.3, -0.25) is 4.79 Å². The summed E-state index contributed by atoms with van der Waals surface area (Å²) in [5, 5.41) is 8.75. The van der Waals surface area contributed by atoms with E-state index in [4.69, 9.17) is 4.52 Å². The Morgan fingerprint density at radius 3 is 3.11 bits per heavy atom. The molecule has 0 aliphatic heterocycles. The molecule has 0 spiro atoms. The van der Waals surface area contributed by atoms with Crippen molar-refractivity contribution >= 4 is 17.2 Å². The zero-order valence-electron chi connectivity index (χ0n) is 10.1. The van der Waals surface area contributed by atoms with Gasteiger partial charge in [0.1, 0.15) is 5.76 Å². The average Bonchev–Trinajstić information content (AvgIpc) is 2.91. The Morgan fingerprint density at radius 2 is 2.44 bits per heavy atom. The summed E-state index contributed by atoms with van der Waals surface area (Å²) in [7, 11) is 0. The van der Waals surface area contributed by atoms with Gasteiger partial charge in [-0.05, 0) is 31.2 Å². The smallest absolute Gasteiger partial charge is 0.273 e. The molecule has 0 bridgehead atoms. The topological polar surface area (TPSA) is 55.1 Å². The van der Waals surface area contributed by atoms with E-state index in [9.17, 15) is 4.79 Å². The van der Waals surface area contributed by atoms with Crippen molar-refractivity contribution in [2.24, 2.45) is 0 Å². The number of amides is 1. The highest BCUT2D eigenvalue weighted by Crippen LogP contribution is 2.40. The first-order valence-corrected chi connectivity index (χ1v) is 6.93. The largest absolute Gasteiger partial charge is 0.360 e. The number of thiophene rings is 1. The molecule has 2 heterocycles. The predicted octanol–water partition coefficient (Wildman–Crippen LogP) is 3.10. The molecule has 3 rings (SSSR count). The minimum atomic E-state index is -0.174. The van der Waals surface area contributed by atoms with Crippen LogP contribution < -0.4 is 5.32 Å². The molecule has 4 nitrogen and oxygen atoms in total. The highest BCUT2D eigenvalue weighted by atomic mass is 32.1. The summed E-state index contributed by atoms with van der Waals surface area (Å²) < 4.78 is 5.17. The molecule has 94 valence electrons. The second-order valence-electron chi connectivity index (χ2n) is 4.60. The van der Waals surface area contributed by atoms with Gasteiger partial charge in [-0.2, -0.15) is 0 Å². The van der Waals surface area contributed by atoms with Gasteiger partial charge in [-0.25, -0.2) is 0 Å². The maximum absolute atomic E-state index is 12.0. The SMILES string of the molecule is C[C@H](NC(=O)c1cc(C2CC2)on1)c1cccs1. The van der Waals surface area contributed by atoms with Gasteiger partial charge in [-0.1, -0.05) is 11.2 Å². The van der Waals surface area contributed by atoms with Crippen molar-refractivity contribution < 1.29 is 9.32 Å². The van der Waals surface area contributed by atoms with Crippen LogP contribution in [0, 0.1) is 0 Å². The van der Waals surface area contributed by atoms with Crippen LogP contribution in [-0.2, 0) is 0 Å². The normalized spacial score (nSPS) is 16.5. The summed E-state index contributed by atoms with van der Waals surface area (Å²) in [5.74, 6) is 1.14. The summed E-state index contributed by atoms with van der Waals surface area (Å²) in [6, 6.07) is 5.74. The van der Waals surface area contributed by atoms with E-state index in [1.165, 1.54) is 0 Å². The molecule has 0 radical (unpaired) electrons. The third kappa shape index (κ3) is 2.31. The maximum atomic E-state index is 12.0. The number of hydrogen-bond donors (Lipinski definition) is 1. The summed E-state index contributed by atoms with van der Waals surface area (Å²) in [5.41, 5.74) is 0.375. The molecule has 0 saturated heterocycles. The van der Waals surface area contributed by atoms with Crippen LogP contribution in [0.4, 0.5) is 0 Å². The monoisotopic (exact) mass is 262 g/mol. The van der Waals surface area contributed by atoms with E-state index in [1.54, 1.807) is 17.4 Å². The molecule has 1 amide bonds. The number of nitrogens with one attached hydrogen (secondary N) is 1. The van der Waals surface area contributed by atoms with Crippen LogP contribution in [0.5, 0.6) is 0 Å². The molecule has 1 aliphatic carbocycles. The van der Waals surface area contributed by atoms with Crippen molar-refractivity contribution in [3.63, 3.8) is 0 Å². The van der Waals surface area contributed by atoms with Crippen molar-refractivity contribution in [3.8, 4) is 0 Å². The zero-order chi connectivity index (χ0) is 12.5. The molecule has 5 heteroatoms. The summed E-state index contributed by atoms with van der Waals surface area (Å²) in [6.07, 6.45) is 2.28. The lowest BCUT2D eigenvalue weighted by Crippen LogP contribution is -2.26. The van der Waals surface area contributed by atoms with Gasteiger partial charge in [0.05, 0.1) is 6.04 Å². The maximum Gasteiger partial charge on any atom is 0.273 e. The highest BCUT2D eigenvalue weighted by molar-refractivity contribution is 7.10. The first-order chi connectivity index (χ1) is 8.74. The molecule has 1 aliphatic rings. The van der Waals surface area contributed by atoms with Crippen molar-refractivity contribution in [1.29, 1.82) is 0 Å². The number of aromatic nitrogens is 1. The molecule has 1 atom stereocenters. The van der Waals surface area contributed by atoms with Gasteiger partial charge < -0.3 is 9.84 Å². The molecule has 2 aromatic heterocycles. The van der Waals surface area contributed by atoms with E-state index in [-0.39, 0.29) is 11.9 Å². The van der Waals surface area contributed by atoms with Gasteiger partial charge in [0.15, 0.2) is 5.69 Å². The first kappa shape index (κ1) is 11.5. The summed E-state index contributed by atoms with van der Waals surface area (Å²) >= 11 is 1.63. The van der Waals surface area contributed by atoms with Crippen molar-refractivity contribution in [1.82, 2.24) is 10.5 Å². The van der Waals surface area contributed by atoms with Crippen LogP contribution in [0.25, 0.3) is 0 Å². The van der Waals surface area contributed by atoms with Gasteiger partial charge in [0.2, 0.25) is 0 Å². The fourth-order valence-electron chi connectivity index (χ4n) is 1.84. The second kappa shape index (κ2) is 4.57. The Balaban J connectivity index is 1.66. The van der Waals surface area contributed by atoms with Crippen LogP contribution in [0.3, 0.4) is 0 Å². The Bertz CT molecular complexity index is 543. The third-order valence-electron chi connectivity index (χ3n) is 3.06. The molecule has 0 aromatic carbocycles. The van der Waals surface area contributed by atoms with E-state index < -0.39 is 0 Å². The second-order valence-corrected chi connectivity index (χ2v) is 5.58. The van der Waals surface area contributed by atoms with Crippen LogP contribution in [0.1, 0.15) is 52.9 Å². The van der Waals surface area contributed by atoms with E-state index in [1.807, 2.05) is 24.4 Å². The van der Waals surface area contributed by atoms with Crippen LogP contribution in [0.15, 0.2) is 28.1 Å². The van der Waals surface area contributed by atoms with Gasteiger partial charge in [0.25, 0.3) is 5.91 Å². The van der Waals surface area contributed by atoms with Gasteiger partial charge >= 0.3 is 0 Å². The zero-order valence-corrected chi connectivity index (χ0v) is 10.9. The van der Waals surface area contributed by atoms with E-state index in [2.05, 4.69) is 10.5 Å². The lowest BCUT2D eigenvalue weighted by Gasteiger charge is -2.10. The van der Waals surface area contributed by atoms with Gasteiger partial charge in [0, 0.05) is 16.9 Å². The molecule has 2 aromatic rings. The molecule has 1 fully saturated rings. The lowest BCUT2D eigenvalue weighted by molar-refractivity contribution is 0.0931. The fourth-order valence-corrected chi connectivity index (χ4v) is 2.57. The lowest BCUT2D eigenvalue weighted by atomic mass is 10.2. The Kier molecular flexibility index (Phi) is 2.91. The molecule has 18 heavy (non-hydrogen) atoms. The minimum absolute atomic E-state index is 0.00132. The van der Waals surface area contributed by atoms with E-state index in [0.717, 1.165) is 23.5 Å². The quantitative estimate of drug-likeness (QED) is 0.921. The first-order valence-electron chi connectivity index (χ1n) is 6.05. The predicted molar refractivity (Wildman–Crippen MR) is 68.7 cm³/mol. The number of rotatable bonds is 4. The number of nitrogens with zero attached hydrogens (tertiary/aromatic N) is 1. The molecule has 1 N–H and O–H groups in total. The van der Waals surface area contributed by atoms with Crippen LogP contribution in [-0.4, -0.2) is 11.1 Å². The fraction of sp³-hybridized carbons (Fsp3) is 0.385. The number of carbonyl (C=O) groups excluding carboxylic acids is 1. The Hall–Kier alpha value is -1.62. The molecular formula is C13H14N2O2S. The molecule has 0 unspecified atom stereocenters. The average molecular weight is 262 g/mol. The minimum Gasteiger partial charge on any atom is -0.360 e. The Labute approximate surface area is 109 Å². The van der Waals surface area contributed by atoms with E-state index >= 15 is 0 Å². The van der Waals surface area contributed by atoms with E-state index in [0.29, 0.717) is 11.6 Å². The Morgan fingerprint density at radius 1 is 1.61 bits per heavy atom. The third-order valence-corrected chi connectivity index (χ3v) is 4.11. The molecular weight excluding hydrogens is 248 g/mol. The van der Waals surface area contributed by atoms with Crippen molar-refractivity contribution in [2.75, 3.05) is 0 Å². The number of carbonyl (C=O) groups is 1. The highest BCUT2D eigenvalue weighted by Gasteiger charge is 2.29. The van der Waals surface area contributed by atoms with Crippen molar-refractivity contribution in [2.45, 2.75) is 31.7 Å². The van der Waals surface area contributed by atoms with Crippen molar-refractivity contribution in [3.05, 3.63) is 39.9 Å². The summed E-state index contributed by atoms with van der Waals surface area (Å²) in [4.78, 5) is 13.1. The number of hydrogen-bond acceptors (Lipinski definition) is 4. The molecule has 1 saturated carbocycles. The van der Waals surface area contributed by atoms with Crippen LogP contribution in [0.2, 0.25) is 0 Å². The van der Waals surface area contributed by atoms with Gasteiger partial charge in [-0.15, -0.1) is 11.3 Å². The summed E-state index contributed by atoms with van der Waals surface area (Å²) in [6.45, 7) is 1.96.